The number of hydrogen-bond donors (Lipinski definition) is 1. The molecule has 1 N–H and O–H groups in total. The number of fused-ring (bicyclic) bond motifs is 1. The highest BCUT2D eigenvalue weighted by atomic mass is 127. The number of nitrogens with one attached hydrogen (secondary N) is 1. The monoisotopic (exact) mass is 505 g/mol. The molecular weight excluding hydrogens is 485 g/mol. The molecule has 0 aliphatic heterocycles. The maximum Gasteiger partial charge on any atom is 0.262 e. The Balaban J connectivity index is 1.60. The summed E-state index contributed by atoms with van der Waals surface area (Å²) >= 11 is 3.53. The Labute approximate surface area is 181 Å². The molecule has 1 aliphatic rings. The number of halogens is 1. The van der Waals surface area contributed by atoms with Crippen molar-refractivity contribution in [3.05, 3.63) is 62.5 Å². The number of hydrogen-bond acceptors (Lipinski definition) is 4. The lowest BCUT2D eigenvalue weighted by Crippen LogP contribution is -2.27. The van der Waals surface area contributed by atoms with E-state index >= 15 is 0 Å². The number of thioether (sulfide) groups is 1. The van der Waals surface area contributed by atoms with E-state index in [1.165, 1.54) is 11.8 Å². The van der Waals surface area contributed by atoms with E-state index in [1.807, 2.05) is 53.1 Å². The Kier molecular flexibility index (Phi) is 6.01. The lowest BCUT2D eigenvalue weighted by molar-refractivity contribution is -0.113. The van der Waals surface area contributed by atoms with E-state index in [0.717, 1.165) is 34.9 Å². The normalized spacial score (nSPS) is 14.5. The number of benzene rings is 2. The van der Waals surface area contributed by atoms with Crippen LogP contribution in [0.25, 0.3) is 10.9 Å². The van der Waals surface area contributed by atoms with Crippen LogP contribution in [-0.2, 0) is 4.79 Å². The predicted octanol–water partition coefficient (Wildman–Crippen LogP) is 4.85. The van der Waals surface area contributed by atoms with Gasteiger partial charge in [-0.15, -0.1) is 0 Å². The van der Waals surface area contributed by atoms with Crippen LogP contribution in [0.3, 0.4) is 0 Å². The lowest BCUT2D eigenvalue weighted by Gasteiger charge is -2.18. The molecule has 5 nitrogen and oxygen atoms in total. The molecule has 0 saturated heterocycles. The van der Waals surface area contributed by atoms with Gasteiger partial charge in [0.15, 0.2) is 5.16 Å². The SMILES string of the molecule is O=C(CSc1nc2ccccc2c(=O)n1C1CCCC1)Nc1ccccc1I. The zero-order chi connectivity index (χ0) is 19.5. The van der Waals surface area contributed by atoms with Gasteiger partial charge in [0.25, 0.3) is 5.56 Å². The fraction of sp³-hybridized carbons (Fsp3) is 0.286. The summed E-state index contributed by atoms with van der Waals surface area (Å²) in [4.78, 5) is 30.3. The molecule has 1 saturated carbocycles. The molecule has 1 aromatic heterocycles. The Hall–Kier alpha value is -1.87. The molecule has 1 amide bonds. The molecule has 1 heterocycles. The maximum atomic E-state index is 13.1. The molecule has 3 aromatic rings. The van der Waals surface area contributed by atoms with Gasteiger partial charge in [-0.25, -0.2) is 4.98 Å². The van der Waals surface area contributed by atoms with Crippen LogP contribution in [0.15, 0.2) is 58.5 Å². The molecule has 0 atom stereocenters. The second-order valence-corrected chi connectivity index (χ2v) is 8.95. The maximum absolute atomic E-state index is 13.1. The van der Waals surface area contributed by atoms with Crippen molar-refractivity contribution in [2.45, 2.75) is 36.9 Å². The van der Waals surface area contributed by atoms with Crippen molar-refractivity contribution in [1.82, 2.24) is 9.55 Å². The molecule has 144 valence electrons. The summed E-state index contributed by atoms with van der Waals surface area (Å²) in [6.07, 6.45) is 4.23. The van der Waals surface area contributed by atoms with Gasteiger partial charge >= 0.3 is 0 Å². The highest BCUT2D eigenvalue weighted by Crippen LogP contribution is 2.32. The zero-order valence-corrected chi connectivity index (χ0v) is 18.2. The number of amides is 1. The van der Waals surface area contributed by atoms with Crippen molar-refractivity contribution in [2.24, 2.45) is 0 Å². The minimum absolute atomic E-state index is 0.00184. The van der Waals surface area contributed by atoms with E-state index in [4.69, 9.17) is 4.98 Å². The fourth-order valence-corrected chi connectivity index (χ4v) is 4.98. The Bertz CT molecular complexity index is 1080. The Morgan fingerprint density at radius 1 is 1.14 bits per heavy atom. The smallest absolute Gasteiger partial charge is 0.262 e. The first kappa shape index (κ1) is 19.4. The zero-order valence-electron chi connectivity index (χ0n) is 15.2. The quantitative estimate of drug-likeness (QED) is 0.306. The molecule has 2 aromatic carbocycles. The summed E-state index contributed by atoms with van der Waals surface area (Å²) in [6.45, 7) is 0. The first-order valence-electron chi connectivity index (χ1n) is 9.32. The van der Waals surface area contributed by atoms with Gasteiger partial charge in [-0.2, -0.15) is 0 Å². The van der Waals surface area contributed by atoms with Crippen molar-refractivity contribution in [1.29, 1.82) is 0 Å². The molecule has 7 heteroatoms. The van der Waals surface area contributed by atoms with Crippen LogP contribution < -0.4 is 10.9 Å². The highest BCUT2D eigenvalue weighted by Gasteiger charge is 2.23. The topological polar surface area (TPSA) is 64.0 Å². The number of rotatable bonds is 5. The van der Waals surface area contributed by atoms with Crippen LogP contribution in [0.4, 0.5) is 5.69 Å². The van der Waals surface area contributed by atoms with Crippen LogP contribution in [0.1, 0.15) is 31.7 Å². The van der Waals surface area contributed by atoms with Crippen LogP contribution >= 0.6 is 34.4 Å². The standard InChI is InChI=1S/C21H20IN3O2S/c22-16-10-4-6-12-18(16)23-19(26)13-28-21-24-17-11-5-3-9-15(17)20(27)25(21)14-7-1-2-8-14/h3-6,9-12,14H,1-2,7-8,13H2,(H,23,26). The number of nitrogens with zero attached hydrogens (tertiary/aromatic N) is 2. The number of anilines is 1. The number of carbonyl (C=O) groups is 1. The van der Waals surface area contributed by atoms with Crippen LogP contribution in [0.2, 0.25) is 0 Å². The molecule has 0 spiro atoms. The van der Waals surface area contributed by atoms with Gasteiger partial charge in [0, 0.05) is 9.61 Å². The van der Waals surface area contributed by atoms with Gasteiger partial charge in [-0.3, -0.25) is 14.2 Å². The van der Waals surface area contributed by atoms with E-state index in [2.05, 4.69) is 27.9 Å². The molecule has 0 bridgehead atoms. The average Bonchev–Trinajstić information content (AvgIpc) is 3.22. The average molecular weight is 505 g/mol. The van der Waals surface area contributed by atoms with Gasteiger partial charge in [0.2, 0.25) is 5.91 Å². The molecule has 4 rings (SSSR count). The number of carbonyl (C=O) groups excluding carboxylic acids is 1. The summed E-state index contributed by atoms with van der Waals surface area (Å²) in [6, 6.07) is 15.3. The van der Waals surface area contributed by atoms with Gasteiger partial charge < -0.3 is 5.32 Å². The largest absolute Gasteiger partial charge is 0.324 e. The summed E-state index contributed by atoms with van der Waals surface area (Å²) < 4.78 is 2.81. The van der Waals surface area contributed by atoms with Crippen molar-refractivity contribution in [3.8, 4) is 0 Å². The Morgan fingerprint density at radius 3 is 2.64 bits per heavy atom. The van der Waals surface area contributed by atoms with Crippen LogP contribution in [-0.4, -0.2) is 21.2 Å². The van der Waals surface area contributed by atoms with E-state index < -0.39 is 0 Å². The van der Waals surface area contributed by atoms with Crippen molar-refractivity contribution in [2.75, 3.05) is 11.1 Å². The predicted molar refractivity (Wildman–Crippen MR) is 122 cm³/mol. The van der Waals surface area contributed by atoms with Crippen molar-refractivity contribution < 1.29 is 4.79 Å². The van der Waals surface area contributed by atoms with E-state index in [1.54, 1.807) is 0 Å². The summed E-state index contributed by atoms with van der Waals surface area (Å²) in [7, 11) is 0. The molecule has 0 radical (unpaired) electrons. The molecular formula is C21H20IN3O2S. The lowest BCUT2D eigenvalue weighted by atomic mass is 10.2. The van der Waals surface area contributed by atoms with Gasteiger partial charge in [0.1, 0.15) is 0 Å². The molecule has 28 heavy (non-hydrogen) atoms. The highest BCUT2D eigenvalue weighted by molar-refractivity contribution is 14.1. The van der Waals surface area contributed by atoms with Crippen molar-refractivity contribution >= 4 is 56.9 Å². The third-order valence-electron chi connectivity index (χ3n) is 4.95. The molecule has 1 fully saturated rings. The second kappa shape index (κ2) is 8.65. The number of para-hydroxylation sites is 2. The van der Waals surface area contributed by atoms with Gasteiger partial charge in [-0.1, -0.05) is 48.9 Å². The summed E-state index contributed by atoms with van der Waals surface area (Å²) in [5.74, 6) is 0.108. The summed E-state index contributed by atoms with van der Waals surface area (Å²) in [5, 5.41) is 4.21. The van der Waals surface area contributed by atoms with Crippen molar-refractivity contribution in [3.63, 3.8) is 0 Å². The van der Waals surface area contributed by atoms with Crippen LogP contribution in [0.5, 0.6) is 0 Å². The Morgan fingerprint density at radius 2 is 1.86 bits per heavy atom. The first-order chi connectivity index (χ1) is 13.6. The molecule has 0 unspecified atom stereocenters. The van der Waals surface area contributed by atoms with E-state index in [-0.39, 0.29) is 23.3 Å². The summed E-state index contributed by atoms with van der Waals surface area (Å²) in [5.41, 5.74) is 1.48. The first-order valence-corrected chi connectivity index (χ1v) is 11.4. The third kappa shape index (κ3) is 4.10. The number of aromatic nitrogens is 2. The molecule has 1 aliphatic carbocycles. The van der Waals surface area contributed by atoms with Gasteiger partial charge in [0.05, 0.1) is 22.3 Å². The second-order valence-electron chi connectivity index (χ2n) is 6.84. The van der Waals surface area contributed by atoms with E-state index in [0.29, 0.717) is 16.1 Å². The van der Waals surface area contributed by atoms with Crippen LogP contribution in [0, 0.1) is 3.57 Å². The minimum Gasteiger partial charge on any atom is -0.324 e. The van der Waals surface area contributed by atoms with E-state index in [9.17, 15) is 9.59 Å². The fourth-order valence-electron chi connectivity index (χ4n) is 3.59. The third-order valence-corrected chi connectivity index (χ3v) is 6.84. The minimum atomic E-state index is -0.102. The van der Waals surface area contributed by atoms with Gasteiger partial charge in [-0.05, 0) is 59.7 Å².